The van der Waals surface area contributed by atoms with Crippen molar-refractivity contribution in [3.05, 3.63) is 48.0 Å². The Hall–Kier alpha value is -1.85. The molecule has 2 atom stereocenters. The van der Waals surface area contributed by atoms with E-state index in [1.165, 1.54) is 0 Å². The fraction of sp³-hybridized carbons (Fsp3) is 0.308. The average molecular weight is 248 g/mol. The lowest BCUT2D eigenvalue weighted by molar-refractivity contribution is 0.0106. The van der Waals surface area contributed by atoms with Gasteiger partial charge in [-0.25, -0.2) is 10.7 Å². The average Bonchev–Trinajstić information content (AvgIpc) is 2.72. The molecule has 18 heavy (non-hydrogen) atoms. The first kappa shape index (κ1) is 12.6. The molecule has 1 aromatic carbocycles. The van der Waals surface area contributed by atoms with Crippen LogP contribution in [0.4, 0.5) is 4.79 Å². The summed E-state index contributed by atoms with van der Waals surface area (Å²) in [5.74, 6) is 5.27. The topological polar surface area (TPSA) is 84.6 Å². The summed E-state index contributed by atoms with van der Waals surface area (Å²) in [5, 5.41) is 11.5. The van der Waals surface area contributed by atoms with Crippen LogP contribution >= 0.6 is 0 Å². The highest BCUT2D eigenvalue weighted by Gasteiger charge is 2.41. The maximum atomic E-state index is 11.0. The molecular formula is C13H16N2O3. The predicted molar refractivity (Wildman–Crippen MR) is 66.9 cm³/mol. The number of hydrogen-bond acceptors (Lipinski definition) is 3. The van der Waals surface area contributed by atoms with Gasteiger partial charge in [-0.1, -0.05) is 42.5 Å². The second-order valence-electron chi connectivity index (χ2n) is 4.40. The maximum Gasteiger partial charge on any atom is 0.405 e. The van der Waals surface area contributed by atoms with Gasteiger partial charge >= 0.3 is 6.09 Å². The van der Waals surface area contributed by atoms with Gasteiger partial charge in [0.1, 0.15) is 6.10 Å². The van der Waals surface area contributed by atoms with Gasteiger partial charge in [-0.2, -0.15) is 0 Å². The number of nitrogens with one attached hydrogen (secondary N) is 1. The summed E-state index contributed by atoms with van der Waals surface area (Å²) in [5.41, 5.74) is 0.238. The summed E-state index contributed by atoms with van der Waals surface area (Å²) in [6.45, 7) is 0. The van der Waals surface area contributed by atoms with Gasteiger partial charge in [0.25, 0.3) is 0 Å². The van der Waals surface area contributed by atoms with Crippen LogP contribution in [0.15, 0.2) is 42.5 Å². The SMILES string of the molecule is NOC1CC=CC1(Cc1ccccc1)NC(=O)O. The van der Waals surface area contributed by atoms with Crippen molar-refractivity contribution in [3.63, 3.8) is 0 Å². The third-order valence-electron chi connectivity index (χ3n) is 3.18. The first-order valence-corrected chi connectivity index (χ1v) is 5.74. The van der Waals surface area contributed by atoms with Crippen LogP contribution in [0.5, 0.6) is 0 Å². The summed E-state index contributed by atoms with van der Waals surface area (Å²) < 4.78 is 0. The Balaban J connectivity index is 2.25. The minimum Gasteiger partial charge on any atom is -0.465 e. The molecule has 1 aromatic rings. The molecule has 2 unspecified atom stereocenters. The van der Waals surface area contributed by atoms with Crippen LogP contribution in [0, 0.1) is 0 Å². The number of carboxylic acid groups (broad SMARTS) is 1. The zero-order chi connectivity index (χ0) is 13.0. The van der Waals surface area contributed by atoms with Crippen LogP contribution < -0.4 is 11.2 Å². The third-order valence-corrected chi connectivity index (χ3v) is 3.18. The highest BCUT2D eigenvalue weighted by molar-refractivity contribution is 5.67. The van der Waals surface area contributed by atoms with Gasteiger partial charge in [0.2, 0.25) is 0 Å². The van der Waals surface area contributed by atoms with Crippen molar-refractivity contribution in [2.75, 3.05) is 0 Å². The largest absolute Gasteiger partial charge is 0.465 e. The van der Waals surface area contributed by atoms with E-state index in [1.54, 1.807) is 0 Å². The standard InChI is InChI=1S/C13H16N2O3/c14-18-11-7-4-8-13(11,15-12(16)17)9-10-5-2-1-3-6-10/h1-6,8,11,15H,7,9,14H2,(H,16,17). The molecule has 1 aliphatic rings. The summed E-state index contributed by atoms with van der Waals surface area (Å²) >= 11 is 0. The minimum atomic E-state index is -1.08. The van der Waals surface area contributed by atoms with Crippen molar-refractivity contribution in [1.82, 2.24) is 5.32 Å². The van der Waals surface area contributed by atoms with E-state index < -0.39 is 11.6 Å². The number of benzene rings is 1. The van der Waals surface area contributed by atoms with Crippen LogP contribution in [0.1, 0.15) is 12.0 Å². The number of carbonyl (C=O) groups is 1. The Labute approximate surface area is 105 Å². The van der Waals surface area contributed by atoms with Gasteiger partial charge in [0.05, 0.1) is 5.54 Å². The molecule has 4 N–H and O–H groups in total. The second kappa shape index (κ2) is 5.20. The number of hydrogen-bond donors (Lipinski definition) is 3. The highest BCUT2D eigenvalue weighted by Crippen LogP contribution is 2.29. The number of amides is 1. The fourth-order valence-corrected chi connectivity index (χ4v) is 2.37. The molecule has 0 bridgehead atoms. The van der Waals surface area contributed by atoms with Crippen molar-refractivity contribution in [2.24, 2.45) is 5.90 Å². The number of rotatable bonds is 4. The zero-order valence-electron chi connectivity index (χ0n) is 9.87. The van der Waals surface area contributed by atoms with Crippen LogP contribution in [-0.2, 0) is 11.3 Å². The molecule has 0 fully saturated rings. The summed E-state index contributed by atoms with van der Waals surface area (Å²) in [6.07, 6.45) is 3.36. The molecule has 1 amide bonds. The first-order valence-electron chi connectivity index (χ1n) is 5.74. The van der Waals surface area contributed by atoms with Gasteiger partial charge in [0.15, 0.2) is 0 Å². The van der Waals surface area contributed by atoms with E-state index in [9.17, 15) is 4.79 Å². The van der Waals surface area contributed by atoms with Gasteiger partial charge in [-0.05, 0) is 12.0 Å². The molecule has 0 radical (unpaired) electrons. The van der Waals surface area contributed by atoms with E-state index in [2.05, 4.69) is 5.32 Å². The maximum absolute atomic E-state index is 11.0. The lowest BCUT2D eigenvalue weighted by Gasteiger charge is -2.33. The lowest BCUT2D eigenvalue weighted by atomic mass is 9.88. The second-order valence-corrected chi connectivity index (χ2v) is 4.40. The van der Waals surface area contributed by atoms with E-state index in [-0.39, 0.29) is 6.10 Å². The van der Waals surface area contributed by atoms with Crippen LogP contribution in [0.3, 0.4) is 0 Å². The molecule has 5 nitrogen and oxygen atoms in total. The Morgan fingerprint density at radius 2 is 2.22 bits per heavy atom. The first-order chi connectivity index (χ1) is 8.66. The zero-order valence-corrected chi connectivity index (χ0v) is 9.87. The molecule has 0 spiro atoms. The number of nitrogens with two attached hydrogens (primary N) is 1. The molecule has 0 saturated heterocycles. The van der Waals surface area contributed by atoms with Crippen molar-refractivity contribution in [1.29, 1.82) is 0 Å². The lowest BCUT2D eigenvalue weighted by Crippen LogP contribution is -2.56. The molecule has 0 heterocycles. The molecule has 1 aliphatic carbocycles. The van der Waals surface area contributed by atoms with Crippen molar-refractivity contribution >= 4 is 6.09 Å². The minimum absolute atomic E-state index is 0.381. The van der Waals surface area contributed by atoms with E-state index in [0.29, 0.717) is 12.8 Å². The summed E-state index contributed by atoms with van der Waals surface area (Å²) in [4.78, 5) is 15.9. The molecule has 2 rings (SSSR count). The predicted octanol–water partition coefficient (Wildman–Crippen LogP) is 1.45. The normalized spacial score (nSPS) is 26.2. The van der Waals surface area contributed by atoms with Gasteiger partial charge in [-0.15, -0.1) is 0 Å². The monoisotopic (exact) mass is 248 g/mol. The van der Waals surface area contributed by atoms with E-state index in [1.807, 2.05) is 42.5 Å². The molecule has 5 heteroatoms. The molecule has 0 saturated carbocycles. The fourth-order valence-electron chi connectivity index (χ4n) is 2.37. The van der Waals surface area contributed by atoms with Gasteiger partial charge < -0.3 is 10.4 Å². The Bertz CT molecular complexity index is 447. The van der Waals surface area contributed by atoms with Crippen LogP contribution in [0.2, 0.25) is 0 Å². The smallest absolute Gasteiger partial charge is 0.405 e. The Morgan fingerprint density at radius 3 is 2.83 bits per heavy atom. The molecule has 0 aliphatic heterocycles. The van der Waals surface area contributed by atoms with E-state index in [0.717, 1.165) is 5.56 Å². The van der Waals surface area contributed by atoms with Crippen molar-refractivity contribution < 1.29 is 14.7 Å². The van der Waals surface area contributed by atoms with Crippen molar-refractivity contribution in [2.45, 2.75) is 24.5 Å². The quantitative estimate of drug-likeness (QED) is 0.556. The molecule has 0 aromatic heterocycles. The van der Waals surface area contributed by atoms with Crippen molar-refractivity contribution in [3.8, 4) is 0 Å². The molecule has 96 valence electrons. The van der Waals surface area contributed by atoms with E-state index in [4.69, 9.17) is 15.8 Å². The highest BCUT2D eigenvalue weighted by atomic mass is 16.6. The summed E-state index contributed by atoms with van der Waals surface area (Å²) in [7, 11) is 0. The molecular weight excluding hydrogens is 232 g/mol. The van der Waals surface area contributed by atoms with E-state index >= 15 is 0 Å². The van der Waals surface area contributed by atoms with Crippen LogP contribution in [0.25, 0.3) is 0 Å². The van der Waals surface area contributed by atoms with Gasteiger partial charge in [-0.3, -0.25) is 4.84 Å². The summed E-state index contributed by atoms with van der Waals surface area (Å²) in [6, 6.07) is 9.65. The third kappa shape index (κ3) is 2.52. The Kier molecular flexibility index (Phi) is 3.64. The van der Waals surface area contributed by atoms with Crippen LogP contribution in [-0.4, -0.2) is 22.8 Å². The van der Waals surface area contributed by atoms with Gasteiger partial charge in [0, 0.05) is 6.42 Å². The Morgan fingerprint density at radius 1 is 1.50 bits per heavy atom.